The molecule has 4 heteroatoms. The molecule has 1 unspecified atom stereocenters. The summed E-state index contributed by atoms with van der Waals surface area (Å²) in [4.78, 5) is 11.3. The predicted octanol–water partition coefficient (Wildman–Crippen LogP) is 3.28. The van der Waals surface area contributed by atoms with Crippen LogP contribution in [0, 0.1) is 5.92 Å². The van der Waals surface area contributed by atoms with E-state index in [1.165, 1.54) is 0 Å². The molecule has 0 saturated heterocycles. The van der Waals surface area contributed by atoms with Crippen LogP contribution in [0.3, 0.4) is 0 Å². The highest BCUT2D eigenvalue weighted by Gasteiger charge is 2.28. The number of hydrogen-bond acceptors (Lipinski definition) is 2. The first-order valence-electron chi connectivity index (χ1n) is 5.04. The molecule has 0 aliphatic carbocycles. The Labute approximate surface area is 104 Å². The van der Waals surface area contributed by atoms with Crippen molar-refractivity contribution in [2.45, 2.75) is 19.8 Å². The van der Waals surface area contributed by atoms with Crippen LogP contribution in [0.5, 0.6) is 5.75 Å². The van der Waals surface area contributed by atoms with E-state index in [1.54, 1.807) is 13.2 Å². The summed E-state index contributed by atoms with van der Waals surface area (Å²) >= 11 is 3.38. The number of carbonyl (C=O) groups is 1. The van der Waals surface area contributed by atoms with Crippen molar-refractivity contribution in [3.8, 4) is 5.75 Å². The van der Waals surface area contributed by atoms with Crippen molar-refractivity contribution in [2.24, 2.45) is 5.92 Å². The molecule has 1 N–H and O–H groups in total. The Morgan fingerprint density at radius 3 is 2.50 bits per heavy atom. The molecule has 1 aromatic carbocycles. The molecule has 0 fully saturated rings. The van der Waals surface area contributed by atoms with E-state index in [9.17, 15) is 9.90 Å². The minimum absolute atomic E-state index is 0.00472. The molecule has 0 aromatic heterocycles. The minimum Gasteiger partial charge on any atom is -0.496 e. The Morgan fingerprint density at radius 2 is 2.06 bits per heavy atom. The summed E-state index contributed by atoms with van der Waals surface area (Å²) in [5, 5.41) is 9.27. The van der Waals surface area contributed by atoms with Gasteiger partial charge in [-0.05, 0) is 18.1 Å². The molecule has 3 nitrogen and oxygen atoms in total. The Kier molecular flexibility index (Phi) is 4.35. The number of hydrogen-bond donors (Lipinski definition) is 1. The molecule has 0 bridgehead atoms. The lowest BCUT2D eigenvalue weighted by Crippen LogP contribution is -2.18. The van der Waals surface area contributed by atoms with Gasteiger partial charge in [-0.15, -0.1) is 0 Å². The maximum Gasteiger partial charge on any atom is 0.311 e. The van der Waals surface area contributed by atoms with Gasteiger partial charge in [-0.3, -0.25) is 4.79 Å². The summed E-state index contributed by atoms with van der Waals surface area (Å²) in [6.07, 6.45) is 0. The average Bonchev–Trinajstić information content (AvgIpc) is 2.19. The molecule has 1 aromatic rings. The molecule has 0 aliphatic rings. The standard InChI is InChI=1S/C12H15BrO3/c1-7(2)10(12(14)15)11-8(13)5-4-6-9(11)16-3/h4-7,10H,1-3H3,(H,14,15). The topological polar surface area (TPSA) is 46.5 Å². The Hall–Kier alpha value is -1.03. The molecule has 1 rings (SSSR count). The van der Waals surface area contributed by atoms with E-state index in [-0.39, 0.29) is 5.92 Å². The summed E-state index contributed by atoms with van der Waals surface area (Å²) in [6.45, 7) is 3.77. The van der Waals surface area contributed by atoms with Crippen molar-refractivity contribution >= 4 is 21.9 Å². The van der Waals surface area contributed by atoms with Gasteiger partial charge in [-0.2, -0.15) is 0 Å². The number of aliphatic carboxylic acids is 1. The maximum absolute atomic E-state index is 11.3. The average molecular weight is 287 g/mol. The Balaban J connectivity index is 3.33. The van der Waals surface area contributed by atoms with Crippen LogP contribution < -0.4 is 4.74 Å². The lowest BCUT2D eigenvalue weighted by Gasteiger charge is -2.20. The van der Waals surface area contributed by atoms with Crippen LogP contribution in [0.15, 0.2) is 22.7 Å². The molecular formula is C12H15BrO3. The van der Waals surface area contributed by atoms with Crippen LogP contribution in [-0.2, 0) is 4.79 Å². The van der Waals surface area contributed by atoms with E-state index in [4.69, 9.17) is 4.74 Å². The third-order valence-corrected chi connectivity index (χ3v) is 3.17. The van der Waals surface area contributed by atoms with Gasteiger partial charge in [0.2, 0.25) is 0 Å². The zero-order valence-electron chi connectivity index (χ0n) is 9.53. The van der Waals surface area contributed by atoms with E-state index in [1.807, 2.05) is 26.0 Å². The Morgan fingerprint density at radius 1 is 1.44 bits per heavy atom. The summed E-state index contributed by atoms with van der Waals surface area (Å²) in [7, 11) is 1.55. The number of carboxylic acids is 1. The largest absolute Gasteiger partial charge is 0.496 e. The number of benzene rings is 1. The fourth-order valence-electron chi connectivity index (χ4n) is 1.74. The fourth-order valence-corrected chi connectivity index (χ4v) is 2.33. The van der Waals surface area contributed by atoms with E-state index < -0.39 is 11.9 Å². The van der Waals surface area contributed by atoms with Crippen molar-refractivity contribution in [3.05, 3.63) is 28.2 Å². The third kappa shape index (κ3) is 2.55. The molecule has 88 valence electrons. The SMILES string of the molecule is COc1cccc(Br)c1C(C(=O)O)C(C)C. The van der Waals surface area contributed by atoms with E-state index >= 15 is 0 Å². The van der Waals surface area contributed by atoms with Crippen LogP contribution in [0.2, 0.25) is 0 Å². The van der Waals surface area contributed by atoms with Crippen molar-refractivity contribution in [1.29, 1.82) is 0 Å². The predicted molar refractivity (Wildman–Crippen MR) is 65.9 cm³/mol. The summed E-state index contributed by atoms with van der Waals surface area (Å²) in [6, 6.07) is 5.43. The first-order valence-corrected chi connectivity index (χ1v) is 5.83. The number of halogens is 1. The molecule has 0 amide bonds. The molecule has 0 heterocycles. The summed E-state index contributed by atoms with van der Waals surface area (Å²) in [5.74, 6) is -0.786. The van der Waals surface area contributed by atoms with Crippen LogP contribution in [-0.4, -0.2) is 18.2 Å². The third-order valence-electron chi connectivity index (χ3n) is 2.48. The van der Waals surface area contributed by atoms with Crippen LogP contribution in [0.4, 0.5) is 0 Å². The second-order valence-electron chi connectivity index (χ2n) is 3.92. The van der Waals surface area contributed by atoms with Crippen molar-refractivity contribution in [1.82, 2.24) is 0 Å². The van der Waals surface area contributed by atoms with Gasteiger partial charge in [0.1, 0.15) is 5.75 Å². The summed E-state index contributed by atoms with van der Waals surface area (Å²) < 4.78 is 5.99. The second-order valence-corrected chi connectivity index (χ2v) is 4.77. The Bertz CT molecular complexity index is 388. The van der Waals surface area contributed by atoms with E-state index in [0.717, 1.165) is 4.47 Å². The van der Waals surface area contributed by atoms with Crippen LogP contribution >= 0.6 is 15.9 Å². The number of methoxy groups -OCH3 is 1. The highest BCUT2D eigenvalue weighted by atomic mass is 79.9. The molecule has 0 saturated carbocycles. The number of rotatable bonds is 4. The monoisotopic (exact) mass is 286 g/mol. The van der Waals surface area contributed by atoms with E-state index in [0.29, 0.717) is 11.3 Å². The molecular weight excluding hydrogens is 272 g/mol. The minimum atomic E-state index is -0.833. The highest BCUT2D eigenvalue weighted by Crippen LogP contribution is 2.37. The summed E-state index contributed by atoms with van der Waals surface area (Å²) in [5.41, 5.74) is 0.701. The molecule has 1 atom stereocenters. The number of carboxylic acid groups (broad SMARTS) is 1. The maximum atomic E-state index is 11.3. The van der Waals surface area contributed by atoms with Gasteiger partial charge < -0.3 is 9.84 Å². The quantitative estimate of drug-likeness (QED) is 0.924. The van der Waals surface area contributed by atoms with Gasteiger partial charge in [0, 0.05) is 10.0 Å². The van der Waals surface area contributed by atoms with Crippen LogP contribution in [0.1, 0.15) is 25.3 Å². The van der Waals surface area contributed by atoms with Gasteiger partial charge in [0.25, 0.3) is 0 Å². The van der Waals surface area contributed by atoms with Crippen molar-refractivity contribution < 1.29 is 14.6 Å². The fraction of sp³-hybridized carbons (Fsp3) is 0.417. The van der Waals surface area contributed by atoms with Crippen LogP contribution in [0.25, 0.3) is 0 Å². The highest BCUT2D eigenvalue weighted by molar-refractivity contribution is 9.10. The normalized spacial score (nSPS) is 12.6. The molecule has 16 heavy (non-hydrogen) atoms. The van der Waals surface area contributed by atoms with Gasteiger partial charge in [0.05, 0.1) is 13.0 Å². The van der Waals surface area contributed by atoms with Gasteiger partial charge in [0.15, 0.2) is 0 Å². The molecule has 0 aliphatic heterocycles. The van der Waals surface area contributed by atoms with Gasteiger partial charge in [-0.25, -0.2) is 0 Å². The zero-order valence-corrected chi connectivity index (χ0v) is 11.1. The second kappa shape index (κ2) is 5.34. The van der Waals surface area contributed by atoms with Gasteiger partial charge >= 0.3 is 5.97 Å². The van der Waals surface area contributed by atoms with Gasteiger partial charge in [-0.1, -0.05) is 35.8 Å². The van der Waals surface area contributed by atoms with Crippen molar-refractivity contribution in [3.63, 3.8) is 0 Å². The lowest BCUT2D eigenvalue weighted by molar-refractivity contribution is -0.139. The molecule has 0 radical (unpaired) electrons. The first kappa shape index (κ1) is 13.0. The lowest BCUT2D eigenvalue weighted by atomic mass is 9.88. The smallest absolute Gasteiger partial charge is 0.311 e. The number of ether oxygens (including phenoxy) is 1. The first-order chi connectivity index (χ1) is 7.49. The van der Waals surface area contributed by atoms with Crippen molar-refractivity contribution in [2.75, 3.05) is 7.11 Å². The zero-order chi connectivity index (χ0) is 12.3. The van der Waals surface area contributed by atoms with E-state index in [2.05, 4.69) is 15.9 Å². The molecule has 0 spiro atoms.